The Hall–Kier alpha value is -2.91. The predicted molar refractivity (Wildman–Crippen MR) is 128 cm³/mol. The van der Waals surface area contributed by atoms with Crippen molar-refractivity contribution in [1.82, 2.24) is 15.0 Å². The Labute approximate surface area is 196 Å². The van der Waals surface area contributed by atoms with Crippen molar-refractivity contribution in [3.8, 4) is 0 Å². The first kappa shape index (κ1) is 23.7. The summed E-state index contributed by atoms with van der Waals surface area (Å²) < 4.78 is 0. The summed E-state index contributed by atoms with van der Waals surface area (Å²) in [7, 11) is 0. The number of aromatic nitrogens is 3. The van der Waals surface area contributed by atoms with Crippen molar-refractivity contribution in [3.63, 3.8) is 0 Å². The highest BCUT2D eigenvalue weighted by Gasteiger charge is 2.18. The van der Waals surface area contributed by atoms with Gasteiger partial charge in [0.2, 0.25) is 5.91 Å². The molecule has 0 atom stereocenters. The van der Waals surface area contributed by atoms with E-state index in [9.17, 15) is 9.59 Å². The van der Waals surface area contributed by atoms with Crippen molar-refractivity contribution in [3.05, 3.63) is 64.1 Å². The molecule has 3 aromatic rings. The summed E-state index contributed by atoms with van der Waals surface area (Å²) in [5.41, 5.74) is 11.0. The summed E-state index contributed by atoms with van der Waals surface area (Å²) in [5.74, 6) is -0.620. The molecule has 7 nitrogen and oxygen atoms in total. The minimum absolute atomic E-state index is 0.113. The molecular weight excluding hydrogens is 442 g/mol. The van der Waals surface area contributed by atoms with Crippen molar-refractivity contribution in [1.29, 1.82) is 0 Å². The van der Waals surface area contributed by atoms with E-state index < -0.39 is 5.91 Å². The third-order valence-corrected chi connectivity index (χ3v) is 6.71. The van der Waals surface area contributed by atoms with Crippen molar-refractivity contribution < 1.29 is 9.59 Å². The zero-order valence-corrected chi connectivity index (χ0v) is 20.3. The number of hydrogen-bond donors (Lipinski definition) is 2. The van der Waals surface area contributed by atoms with Crippen LogP contribution in [0.1, 0.15) is 38.6 Å². The quantitative estimate of drug-likeness (QED) is 0.391. The van der Waals surface area contributed by atoms with E-state index >= 15 is 0 Å². The van der Waals surface area contributed by atoms with Gasteiger partial charge in [-0.05, 0) is 87.8 Å². The summed E-state index contributed by atoms with van der Waals surface area (Å²) in [5, 5.41) is 4.04. The van der Waals surface area contributed by atoms with Crippen molar-refractivity contribution in [2.75, 3.05) is 11.1 Å². The SMILES string of the molecule is Cc1cc(C)nc(Sc2ccc(NC(=O)CSc3nc(C)c(C)c(C)c3C(N)=O)cc2)n1. The molecule has 0 radical (unpaired) electrons. The molecule has 0 saturated carbocycles. The summed E-state index contributed by atoms with van der Waals surface area (Å²) in [6.45, 7) is 9.50. The highest BCUT2D eigenvalue weighted by molar-refractivity contribution is 8.00. The number of rotatable bonds is 7. The van der Waals surface area contributed by atoms with Crippen LogP contribution in [0.5, 0.6) is 0 Å². The standard InChI is InChI=1S/C23H25N5O2S2/c1-12-10-13(2)26-23(25-12)32-18-8-6-17(7-9-18)28-19(29)11-31-22-20(21(24)30)15(4)14(3)16(5)27-22/h6-10H,11H2,1-5H3,(H2,24,30)(H,28,29). The lowest BCUT2D eigenvalue weighted by molar-refractivity contribution is -0.113. The number of hydrogen-bond acceptors (Lipinski definition) is 7. The number of nitrogens with two attached hydrogens (primary N) is 1. The van der Waals surface area contributed by atoms with E-state index in [4.69, 9.17) is 5.73 Å². The van der Waals surface area contributed by atoms with Crippen molar-refractivity contribution >= 4 is 41.0 Å². The first-order valence-electron chi connectivity index (χ1n) is 9.94. The molecule has 0 unspecified atom stereocenters. The Morgan fingerprint density at radius 2 is 1.56 bits per heavy atom. The number of nitrogens with one attached hydrogen (secondary N) is 1. The molecule has 2 amide bonds. The molecule has 0 aliphatic carbocycles. The van der Waals surface area contributed by atoms with Gasteiger partial charge in [0.1, 0.15) is 5.03 Å². The number of amides is 2. The summed E-state index contributed by atoms with van der Waals surface area (Å²) in [6, 6.07) is 9.42. The normalized spacial score (nSPS) is 10.8. The van der Waals surface area contributed by atoms with Gasteiger partial charge in [0, 0.05) is 27.7 Å². The van der Waals surface area contributed by atoms with E-state index in [1.54, 1.807) is 0 Å². The van der Waals surface area contributed by atoms with E-state index in [0.29, 0.717) is 21.4 Å². The molecular formula is C23H25N5O2S2. The minimum atomic E-state index is -0.540. The van der Waals surface area contributed by atoms with Crippen LogP contribution in [0.2, 0.25) is 0 Å². The van der Waals surface area contributed by atoms with E-state index in [2.05, 4.69) is 20.3 Å². The molecule has 3 N–H and O–H groups in total. The van der Waals surface area contributed by atoms with Crippen LogP contribution < -0.4 is 11.1 Å². The Bertz CT molecular complexity index is 1160. The van der Waals surface area contributed by atoms with Gasteiger partial charge in [0.05, 0.1) is 11.3 Å². The van der Waals surface area contributed by atoms with Gasteiger partial charge in [-0.15, -0.1) is 0 Å². The molecule has 3 rings (SSSR count). The number of pyridine rings is 1. The summed E-state index contributed by atoms with van der Waals surface area (Å²) in [6.07, 6.45) is 0. The van der Waals surface area contributed by atoms with Crippen LogP contribution in [-0.2, 0) is 4.79 Å². The summed E-state index contributed by atoms with van der Waals surface area (Å²) >= 11 is 2.67. The van der Waals surface area contributed by atoms with Crippen LogP contribution in [0.3, 0.4) is 0 Å². The topological polar surface area (TPSA) is 111 Å². The Morgan fingerprint density at radius 1 is 0.938 bits per heavy atom. The molecule has 0 spiro atoms. The molecule has 0 bridgehead atoms. The second-order valence-electron chi connectivity index (χ2n) is 7.39. The van der Waals surface area contributed by atoms with E-state index in [1.807, 2.05) is 65.0 Å². The second kappa shape index (κ2) is 10.1. The van der Waals surface area contributed by atoms with Crippen LogP contribution in [0, 0.1) is 34.6 Å². The fourth-order valence-electron chi connectivity index (χ4n) is 3.09. The zero-order chi connectivity index (χ0) is 23.4. The highest BCUT2D eigenvalue weighted by Crippen LogP contribution is 2.28. The minimum Gasteiger partial charge on any atom is -0.366 e. The number of carbonyl (C=O) groups excluding carboxylic acids is 2. The van der Waals surface area contributed by atoms with Gasteiger partial charge in [-0.3, -0.25) is 9.59 Å². The average Bonchev–Trinajstić information content (AvgIpc) is 2.71. The first-order chi connectivity index (χ1) is 15.1. The molecule has 0 aliphatic rings. The second-order valence-corrected chi connectivity index (χ2v) is 9.39. The maximum absolute atomic E-state index is 12.5. The first-order valence-corrected chi connectivity index (χ1v) is 11.7. The van der Waals surface area contributed by atoms with Gasteiger partial charge in [0.15, 0.2) is 5.16 Å². The van der Waals surface area contributed by atoms with Gasteiger partial charge < -0.3 is 11.1 Å². The number of primary amides is 1. The van der Waals surface area contributed by atoms with E-state index in [0.717, 1.165) is 33.1 Å². The molecule has 1 aromatic carbocycles. The van der Waals surface area contributed by atoms with Gasteiger partial charge in [-0.25, -0.2) is 15.0 Å². The van der Waals surface area contributed by atoms with Gasteiger partial charge in [-0.2, -0.15) is 0 Å². The third kappa shape index (κ3) is 5.86. The van der Waals surface area contributed by atoms with Gasteiger partial charge in [-0.1, -0.05) is 11.8 Å². The van der Waals surface area contributed by atoms with Crippen LogP contribution in [0.4, 0.5) is 5.69 Å². The average molecular weight is 468 g/mol. The Balaban J connectivity index is 1.63. The lowest BCUT2D eigenvalue weighted by Crippen LogP contribution is -2.18. The molecule has 0 saturated heterocycles. The molecule has 9 heteroatoms. The summed E-state index contributed by atoms with van der Waals surface area (Å²) in [4.78, 5) is 38.7. The lowest BCUT2D eigenvalue weighted by Gasteiger charge is -2.13. The van der Waals surface area contributed by atoms with Crippen molar-refractivity contribution in [2.45, 2.75) is 49.7 Å². The number of anilines is 1. The highest BCUT2D eigenvalue weighted by atomic mass is 32.2. The monoisotopic (exact) mass is 467 g/mol. The maximum Gasteiger partial charge on any atom is 0.251 e. The number of thioether (sulfide) groups is 1. The van der Waals surface area contributed by atoms with E-state index in [1.165, 1.54) is 23.5 Å². The van der Waals surface area contributed by atoms with Gasteiger partial charge in [0.25, 0.3) is 5.91 Å². The fourth-order valence-corrected chi connectivity index (χ4v) is 4.89. The number of nitrogens with zero attached hydrogens (tertiary/aromatic N) is 3. The largest absolute Gasteiger partial charge is 0.366 e. The van der Waals surface area contributed by atoms with Crippen LogP contribution >= 0.6 is 23.5 Å². The lowest BCUT2D eigenvalue weighted by atomic mass is 10.0. The van der Waals surface area contributed by atoms with Crippen molar-refractivity contribution in [2.24, 2.45) is 5.73 Å². The number of aryl methyl sites for hydroxylation is 3. The molecule has 32 heavy (non-hydrogen) atoms. The molecule has 0 fully saturated rings. The fraction of sp³-hybridized carbons (Fsp3) is 0.261. The zero-order valence-electron chi connectivity index (χ0n) is 18.6. The maximum atomic E-state index is 12.5. The number of benzene rings is 1. The molecule has 166 valence electrons. The van der Waals surface area contributed by atoms with Crippen LogP contribution in [0.15, 0.2) is 45.4 Å². The number of carbonyl (C=O) groups is 2. The van der Waals surface area contributed by atoms with Crippen LogP contribution in [0.25, 0.3) is 0 Å². The molecule has 2 heterocycles. The van der Waals surface area contributed by atoms with E-state index in [-0.39, 0.29) is 11.7 Å². The Morgan fingerprint density at radius 3 is 2.16 bits per heavy atom. The molecule has 2 aromatic heterocycles. The Kier molecular flexibility index (Phi) is 7.52. The smallest absolute Gasteiger partial charge is 0.251 e. The molecule has 0 aliphatic heterocycles. The predicted octanol–water partition coefficient (Wildman–Crippen LogP) is 4.39. The van der Waals surface area contributed by atoms with Crippen LogP contribution in [-0.4, -0.2) is 32.5 Å². The third-order valence-electron chi connectivity index (χ3n) is 4.86. The van der Waals surface area contributed by atoms with Gasteiger partial charge >= 0.3 is 0 Å².